The molecule has 3 heterocycles. The van der Waals surface area contributed by atoms with E-state index in [9.17, 15) is 4.79 Å². The minimum atomic E-state index is 0.0234. The topological polar surface area (TPSA) is 49.3 Å². The summed E-state index contributed by atoms with van der Waals surface area (Å²) in [5.41, 5.74) is 1.60. The van der Waals surface area contributed by atoms with E-state index in [-0.39, 0.29) is 5.91 Å². The van der Waals surface area contributed by atoms with Crippen molar-refractivity contribution in [1.29, 1.82) is 0 Å². The Morgan fingerprint density at radius 1 is 1.04 bits per heavy atom. The van der Waals surface area contributed by atoms with Gasteiger partial charge < -0.3 is 4.90 Å². The van der Waals surface area contributed by atoms with Gasteiger partial charge in [-0.25, -0.2) is 4.98 Å². The Bertz CT molecular complexity index is 807. The lowest BCUT2D eigenvalue weighted by Gasteiger charge is -2.34. The Hall–Kier alpha value is -2.31. The van der Waals surface area contributed by atoms with Gasteiger partial charge in [0.15, 0.2) is 0 Å². The maximum Gasteiger partial charge on any atom is 0.272 e. The summed E-state index contributed by atoms with van der Waals surface area (Å²) in [6.07, 6.45) is 1.66. The van der Waals surface area contributed by atoms with Crippen molar-refractivity contribution in [1.82, 2.24) is 19.8 Å². The van der Waals surface area contributed by atoms with E-state index in [0.29, 0.717) is 5.69 Å². The molecule has 1 aromatic carbocycles. The van der Waals surface area contributed by atoms with E-state index in [1.807, 2.05) is 29.2 Å². The molecule has 5 nitrogen and oxygen atoms in total. The van der Waals surface area contributed by atoms with E-state index in [0.717, 1.165) is 43.2 Å². The molecule has 1 saturated heterocycles. The lowest BCUT2D eigenvalue weighted by molar-refractivity contribution is 0.0623. The van der Waals surface area contributed by atoms with Crippen LogP contribution in [0.5, 0.6) is 0 Å². The molecule has 24 heavy (non-hydrogen) atoms. The van der Waals surface area contributed by atoms with Gasteiger partial charge in [0.2, 0.25) is 0 Å². The first-order valence-electron chi connectivity index (χ1n) is 8.07. The van der Waals surface area contributed by atoms with Crippen molar-refractivity contribution >= 4 is 27.5 Å². The second-order valence-electron chi connectivity index (χ2n) is 5.86. The molecule has 1 fully saturated rings. The zero-order valence-corrected chi connectivity index (χ0v) is 14.1. The van der Waals surface area contributed by atoms with Crippen LogP contribution in [0.1, 0.15) is 15.5 Å². The third-order valence-corrected chi connectivity index (χ3v) is 5.26. The van der Waals surface area contributed by atoms with Crippen LogP contribution < -0.4 is 0 Å². The van der Waals surface area contributed by atoms with Gasteiger partial charge in [-0.1, -0.05) is 18.2 Å². The molecule has 1 aliphatic rings. The molecule has 0 spiro atoms. The van der Waals surface area contributed by atoms with E-state index >= 15 is 0 Å². The van der Waals surface area contributed by atoms with Crippen LogP contribution in [-0.4, -0.2) is 51.9 Å². The molecule has 0 aliphatic carbocycles. The molecular weight excluding hydrogens is 320 g/mol. The number of thiazole rings is 1. The highest BCUT2D eigenvalue weighted by Crippen LogP contribution is 2.23. The zero-order valence-electron chi connectivity index (χ0n) is 13.3. The molecule has 0 saturated carbocycles. The molecule has 0 bridgehead atoms. The van der Waals surface area contributed by atoms with Gasteiger partial charge in [0.05, 0.1) is 16.8 Å². The molecular formula is C18H18N4OS. The van der Waals surface area contributed by atoms with Gasteiger partial charge >= 0.3 is 0 Å². The lowest BCUT2D eigenvalue weighted by Crippen LogP contribution is -2.48. The average molecular weight is 338 g/mol. The number of para-hydroxylation sites is 1. The number of carbonyl (C=O) groups excluding carboxylic acids is 1. The molecule has 0 unspecified atom stereocenters. The Morgan fingerprint density at radius 3 is 2.58 bits per heavy atom. The summed E-state index contributed by atoms with van der Waals surface area (Å²) in [6, 6.07) is 13.7. The van der Waals surface area contributed by atoms with Gasteiger partial charge in [-0.05, 0) is 24.3 Å². The molecule has 122 valence electrons. The number of piperazine rings is 1. The molecule has 0 radical (unpaired) electrons. The van der Waals surface area contributed by atoms with Crippen LogP contribution in [-0.2, 0) is 6.54 Å². The van der Waals surface area contributed by atoms with E-state index in [2.05, 4.69) is 22.0 Å². The van der Waals surface area contributed by atoms with E-state index in [4.69, 9.17) is 4.98 Å². The van der Waals surface area contributed by atoms with Crippen LogP contribution in [0.4, 0.5) is 0 Å². The summed E-state index contributed by atoms with van der Waals surface area (Å²) in [6.45, 7) is 4.06. The van der Waals surface area contributed by atoms with Crippen LogP contribution in [0, 0.1) is 0 Å². The Kier molecular flexibility index (Phi) is 4.23. The van der Waals surface area contributed by atoms with Crippen LogP contribution in [0.3, 0.4) is 0 Å². The summed E-state index contributed by atoms with van der Waals surface area (Å²) < 4.78 is 1.23. The fourth-order valence-electron chi connectivity index (χ4n) is 2.94. The van der Waals surface area contributed by atoms with E-state index in [1.165, 1.54) is 4.70 Å². The smallest absolute Gasteiger partial charge is 0.272 e. The largest absolute Gasteiger partial charge is 0.335 e. The standard InChI is InChI=1S/C18H18N4OS/c23-18(15-6-3-4-8-19-15)22-11-9-21(10-12-22)13-17-20-14-5-1-2-7-16(14)24-17/h1-8H,9-13H2. The monoisotopic (exact) mass is 338 g/mol. The molecule has 1 aliphatic heterocycles. The minimum absolute atomic E-state index is 0.0234. The van der Waals surface area contributed by atoms with Gasteiger partial charge in [-0.2, -0.15) is 0 Å². The molecule has 1 amide bonds. The zero-order chi connectivity index (χ0) is 16.4. The first kappa shape index (κ1) is 15.2. The lowest BCUT2D eigenvalue weighted by atomic mass is 10.2. The number of nitrogens with zero attached hydrogens (tertiary/aromatic N) is 4. The number of hydrogen-bond donors (Lipinski definition) is 0. The molecule has 4 rings (SSSR count). The maximum absolute atomic E-state index is 12.4. The summed E-state index contributed by atoms with van der Waals surface area (Å²) in [7, 11) is 0. The van der Waals surface area contributed by atoms with Crippen molar-refractivity contribution in [2.45, 2.75) is 6.54 Å². The molecule has 6 heteroatoms. The average Bonchev–Trinajstić information content (AvgIpc) is 3.05. The van der Waals surface area contributed by atoms with E-state index < -0.39 is 0 Å². The number of aromatic nitrogens is 2. The third-order valence-electron chi connectivity index (χ3n) is 4.24. The van der Waals surface area contributed by atoms with Crippen molar-refractivity contribution < 1.29 is 4.79 Å². The Labute approximate surface area is 144 Å². The van der Waals surface area contributed by atoms with Crippen LogP contribution >= 0.6 is 11.3 Å². The van der Waals surface area contributed by atoms with Gasteiger partial charge in [0.25, 0.3) is 5.91 Å². The molecule has 2 aromatic heterocycles. The quantitative estimate of drug-likeness (QED) is 0.737. The maximum atomic E-state index is 12.4. The van der Waals surface area contributed by atoms with Crippen LogP contribution in [0.2, 0.25) is 0 Å². The predicted molar refractivity (Wildman–Crippen MR) is 95.0 cm³/mol. The molecule has 3 aromatic rings. The van der Waals surface area contributed by atoms with Gasteiger partial charge in [0, 0.05) is 32.4 Å². The SMILES string of the molecule is O=C(c1ccccn1)N1CCN(Cc2nc3ccccc3s2)CC1. The Morgan fingerprint density at radius 2 is 1.83 bits per heavy atom. The minimum Gasteiger partial charge on any atom is -0.335 e. The fourth-order valence-corrected chi connectivity index (χ4v) is 3.95. The first-order chi connectivity index (χ1) is 11.8. The molecule has 0 atom stereocenters. The normalized spacial score (nSPS) is 15.8. The number of fused-ring (bicyclic) bond motifs is 1. The van der Waals surface area contributed by atoms with Crippen molar-refractivity contribution in [3.05, 3.63) is 59.4 Å². The number of amides is 1. The predicted octanol–water partition coefficient (Wildman–Crippen LogP) is 2.65. The van der Waals surface area contributed by atoms with Gasteiger partial charge in [-0.15, -0.1) is 11.3 Å². The second kappa shape index (κ2) is 6.67. The second-order valence-corrected chi connectivity index (χ2v) is 6.97. The van der Waals surface area contributed by atoms with Crippen molar-refractivity contribution in [2.24, 2.45) is 0 Å². The first-order valence-corrected chi connectivity index (χ1v) is 8.88. The summed E-state index contributed by atoms with van der Waals surface area (Å²) >= 11 is 1.75. The number of rotatable bonds is 3. The highest BCUT2D eigenvalue weighted by Gasteiger charge is 2.23. The highest BCUT2D eigenvalue weighted by atomic mass is 32.1. The van der Waals surface area contributed by atoms with Crippen LogP contribution in [0.25, 0.3) is 10.2 Å². The van der Waals surface area contributed by atoms with Crippen LogP contribution in [0.15, 0.2) is 48.7 Å². The number of pyridine rings is 1. The third kappa shape index (κ3) is 3.16. The van der Waals surface area contributed by atoms with Gasteiger partial charge in [0.1, 0.15) is 10.7 Å². The number of hydrogen-bond acceptors (Lipinski definition) is 5. The fraction of sp³-hybridized carbons (Fsp3) is 0.278. The number of benzene rings is 1. The summed E-state index contributed by atoms with van der Waals surface area (Å²) in [5, 5.41) is 1.14. The Balaban J connectivity index is 1.37. The summed E-state index contributed by atoms with van der Waals surface area (Å²) in [4.78, 5) is 25.5. The highest BCUT2D eigenvalue weighted by molar-refractivity contribution is 7.18. The van der Waals surface area contributed by atoms with Crippen molar-refractivity contribution in [3.8, 4) is 0 Å². The van der Waals surface area contributed by atoms with Crippen molar-refractivity contribution in [3.63, 3.8) is 0 Å². The van der Waals surface area contributed by atoms with E-state index in [1.54, 1.807) is 23.6 Å². The van der Waals surface area contributed by atoms with Crippen molar-refractivity contribution in [2.75, 3.05) is 26.2 Å². The van der Waals surface area contributed by atoms with Gasteiger partial charge in [-0.3, -0.25) is 14.7 Å². The molecule has 0 N–H and O–H groups in total. The number of carbonyl (C=O) groups is 1. The summed E-state index contributed by atoms with van der Waals surface area (Å²) in [5.74, 6) is 0.0234.